The molecule has 1 aromatic heterocycles. The van der Waals surface area contributed by atoms with Crippen molar-refractivity contribution in [3.63, 3.8) is 0 Å². The zero-order valence-corrected chi connectivity index (χ0v) is 17.9. The van der Waals surface area contributed by atoms with Crippen molar-refractivity contribution in [1.29, 1.82) is 0 Å². The molecule has 5 nitrogen and oxygen atoms in total. The molecule has 2 heterocycles. The first kappa shape index (κ1) is 20.0. The van der Waals surface area contributed by atoms with E-state index in [-0.39, 0.29) is 17.9 Å². The van der Waals surface area contributed by atoms with Gasteiger partial charge in [0.25, 0.3) is 11.8 Å². The number of piperidine rings is 1. The fraction of sp³-hybridized carbons (Fsp3) is 0.409. The van der Waals surface area contributed by atoms with E-state index in [0.29, 0.717) is 28.7 Å². The molecule has 1 saturated heterocycles. The van der Waals surface area contributed by atoms with Crippen LogP contribution in [-0.4, -0.2) is 52.8 Å². The van der Waals surface area contributed by atoms with Crippen LogP contribution >= 0.6 is 15.9 Å². The Morgan fingerprint density at radius 3 is 2.79 bits per heavy atom. The number of hydrogen-bond donors (Lipinski definition) is 0. The van der Waals surface area contributed by atoms with Gasteiger partial charge < -0.3 is 9.80 Å². The van der Waals surface area contributed by atoms with Crippen molar-refractivity contribution in [1.82, 2.24) is 14.8 Å². The van der Waals surface area contributed by atoms with Gasteiger partial charge in [0.05, 0.1) is 5.56 Å². The van der Waals surface area contributed by atoms with E-state index in [2.05, 4.69) is 20.9 Å². The summed E-state index contributed by atoms with van der Waals surface area (Å²) in [5, 5.41) is 0. The predicted molar refractivity (Wildman–Crippen MR) is 111 cm³/mol. The Bertz CT molecular complexity index is 945. The summed E-state index contributed by atoms with van der Waals surface area (Å²) in [5.41, 5.74) is 3.19. The van der Waals surface area contributed by atoms with Crippen LogP contribution in [0.2, 0.25) is 0 Å². The summed E-state index contributed by atoms with van der Waals surface area (Å²) in [6.45, 7) is 1.13. The number of aryl methyl sites for hydroxylation is 2. The second-order valence-corrected chi connectivity index (χ2v) is 8.72. The Labute approximate surface area is 178 Å². The number of benzene rings is 1. The van der Waals surface area contributed by atoms with Gasteiger partial charge >= 0.3 is 0 Å². The molecule has 2 aromatic rings. The molecule has 0 unspecified atom stereocenters. The normalized spacial score (nSPS) is 18.4. The molecule has 1 aromatic carbocycles. The summed E-state index contributed by atoms with van der Waals surface area (Å²) in [6, 6.07) is 6.04. The summed E-state index contributed by atoms with van der Waals surface area (Å²) in [4.78, 5) is 33.8. The van der Waals surface area contributed by atoms with Crippen molar-refractivity contribution >= 4 is 27.7 Å². The third kappa shape index (κ3) is 4.20. The second kappa shape index (κ2) is 8.22. The van der Waals surface area contributed by atoms with E-state index in [1.807, 2.05) is 6.07 Å². The van der Waals surface area contributed by atoms with Crippen LogP contribution < -0.4 is 0 Å². The van der Waals surface area contributed by atoms with Crippen LogP contribution in [0, 0.1) is 5.82 Å². The molecule has 2 aliphatic rings. The van der Waals surface area contributed by atoms with Gasteiger partial charge in [0, 0.05) is 48.1 Å². The topological polar surface area (TPSA) is 53.5 Å². The maximum Gasteiger partial charge on any atom is 0.255 e. The van der Waals surface area contributed by atoms with Crippen LogP contribution in [0.1, 0.15) is 51.2 Å². The van der Waals surface area contributed by atoms with Crippen LogP contribution in [-0.2, 0) is 12.8 Å². The van der Waals surface area contributed by atoms with E-state index < -0.39 is 5.82 Å². The smallest absolute Gasteiger partial charge is 0.255 e. The molecule has 1 aliphatic heterocycles. The number of carbonyl (C=O) groups is 2. The van der Waals surface area contributed by atoms with E-state index in [9.17, 15) is 14.0 Å². The minimum Gasteiger partial charge on any atom is -0.337 e. The maximum absolute atomic E-state index is 13.7. The molecule has 0 spiro atoms. The number of nitrogens with zero attached hydrogens (tertiary/aromatic N) is 3. The van der Waals surface area contributed by atoms with E-state index in [4.69, 9.17) is 0 Å². The molecule has 0 N–H and O–H groups in total. The number of likely N-dealkylation sites (tertiary alicyclic amines) is 1. The van der Waals surface area contributed by atoms with E-state index in [1.165, 1.54) is 17.7 Å². The summed E-state index contributed by atoms with van der Waals surface area (Å²) >= 11 is 3.23. The highest BCUT2D eigenvalue weighted by Crippen LogP contribution is 2.24. The van der Waals surface area contributed by atoms with Gasteiger partial charge in [0.1, 0.15) is 5.82 Å². The minimum atomic E-state index is -0.458. The van der Waals surface area contributed by atoms with Gasteiger partial charge in [-0.3, -0.25) is 14.6 Å². The zero-order valence-electron chi connectivity index (χ0n) is 16.3. The highest BCUT2D eigenvalue weighted by Gasteiger charge is 2.30. The summed E-state index contributed by atoms with van der Waals surface area (Å²) in [6.07, 6.45) is 6.36. The number of aromatic nitrogens is 1. The van der Waals surface area contributed by atoms with Gasteiger partial charge in [-0.15, -0.1) is 0 Å². The van der Waals surface area contributed by atoms with Gasteiger partial charge in [0.15, 0.2) is 0 Å². The second-order valence-electron chi connectivity index (χ2n) is 7.80. The molecule has 1 aliphatic carbocycles. The number of hydrogen-bond acceptors (Lipinski definition) is 3. The quantitative estimate of drug-likeness (QED) is 0.700. The number of pyridine rings is 1. The average Bonchev–Trinajstić information content (AvgIpc) is 3.19. The number of rotatable bonds is 3. The lowest BCUT2D eigenvalue weighted by atomic mass is 10.0. The number of carbonyl (C=O) groups excluding carboxylic acids is 2. The molecule has 1 fully saturated rings. The van der Waals surface area contributed by atoms with Crippen molar-refractivity contribution in [2.24, 2.45) is 0 Å². The van der Waals surface area contributed by atoms with Crippen molar-refractivity contribution in [3.05, 3.63) is 63.1 Å². The van der Waals surface area contributed by atoms with Gasteiger partial charge in [-0.05, 0) is 61.9 Å². The molecule has 0 bridgehead atoms. The lowest BCUT2D eigenvalue weighted by Gasteiger charge is -2.37. The van der Waals surface area contributed by atoms with Crippen LogP contribution in [0.3, 0.4) is 0 Å². The maximum atomic E-state index is 13.7. The van der Waals surface area contributed by atoms with Gasteiger partial charge in [-0.2, -0.15) is 0 Å². The first-order valence-corrected chi connectivity index (χ1v) is 10.7. The van der Waals surface area contributed by atoms with Gasteiger partial charge in [-0.1, -0.05) is 15.9 Å². The summed E-state index contributed by atoms with van der Waals surface area (Å²) in [7, 11) is 1.72. The largest absolute Gasteiger partial charge is 0.337 e. The predicted octanol–water partition coefficient (Wildman–Crippen LogP) is 3.85. The van der Waals surface area contributed by atoms with Crippen LogP contribution in [0.5, 0.6) is 0 Å². The molecule has 0 saturated carbocycles. The number of halogens is 2. The van der Waals surface area contributed by atoms with Crippen molar-refractivity contribution in [2.45, 2.75) is 38.1 Å². The summed E-state index contributed by atoms with van der Waals surface area (Å²) in [5.74, 6) is -0.740. The molecule has 2 amide bonds. The monoisotopic (exact) mass is 459 g/mol. The molecule has 0 radical (unpaired) electrons. The standard InChI is InChI=1S/C22H23BrFN3O2/c1-26(21(28)15-9-17(23)11-18(24)10-15)19-5-3-7-27(13-19)22(29)16-8-14-4-2-6-20(14)25-12-16/h8-12,19H,2-7,13H2,1H3/t19-/m0/s1. The average molecular weight is 460 g/mol. The van der Waals surface area contributed by atoms with Gasteiger partial charge in [-0.25, -0.2) is 4.39 Å². The van der Waals surface area contributed by atoms with E-state index >= 15 is 0 Å². The third-order valence-electron chi connectivity index (χ3n) is 5.83. The Balaban J connectivity index is 1.47. The van der Waals surface area contributed by atoms with Crippen LogP contribution in [0.15, 0.2) is 34.9 Å². The van der Waals surface area contributed by atoms with Crippen LogP contribution in [0.4, 0.5) is 4.39 Å². The molecule has 4 rings (SSSR count). The lowest BCUT2D eigenvalue weighted by Crippen LogP contribution is -2.50. The molecular weight excluding hydrogens is 437 g/mol. The minimum absolute atomic E-state index is 0.0359. The zero-order chi connectivity index (χ0) is 20.5. The highest BCUT2D eigenvalue weighted by atomic mass is 79.9. The van der Waals surface area contributed by atoms with E-state index in [1.54, 1.807) is 29.1 Å². The summed E-state index contributed by atoms with van der Waals surface area (Å²) < 4.78 is 14.2. The fourth-order valence-electron chi connectivity index (χ4n) is 4.23. The molecular formula is C22H23BrFN3O2. The Hall–Kier alpha value is -2.28. The Morgan fingerprint density at radius 1 is 1.17 bits per heavy atom. The number of amides is 2. The number of likely N-dealkylation sites (N-methyl/N-ethyl adjacent to an activating group) is 1. The van der Waals surface area contributed by atoms with Gasteiger partial charge in [0.2, 0.25) is 0 Å². The van der Waals surface area contributed by atoms with Crippen molar-refractivity contribution < 1.29 is 14.0 Å². The Morgan fingerprint density at radius 2 is 2.00 bits per heavy atom. The first-order valence-electron chi connectivity index (χ1n) is 9.92. The van der Waals surface area contributed by atoms with Crippen molar-refractivity contribution in [2.75, 3.05) is 20.1 Å². The van der Waals surface area contributed by atoms with Crippen LogP contribution in [0.25, 0.3) is 0 Å². The fourth-order valence-corrected chi connectivity index (χ4v) is 4.69. The Kier molecular flexibility index (Phi) is 5.67. The highest BCUT2D eigenvalue weighted by molar-refractivity contribution is 9.10. The van der Waals surface area contributed by atoms with E-state index in [0.717, 1.165) is 37.8 Å². The number of fused-ring (bicyclic) bond motifs is 1. The molecule has 152 valence electrons. The SMILES string of the molecule is CN(C(=O)c1cc(F)cc(Br)c1)[C@H]1CCCN(C(=O)c2cnc3c(c2)CCC3)C1. The molecule has 1 atom stereocenters. The van der Waals surface area contributed by atoms with Crippen molar-refractivity contribution in [3.8, 4) is 0 Å². The molecule has 29 heavy (non-hydrogen) atoms. The first-order chi connectivity index (χ1) is 13.9. The molecule has 7 heteroatoms. The lowest BCUT2D eigenvalue weighted by molar-refractivity contribution is 0.0520. The third-order valence-corrected chi connectivity index (χ3v) is 6.29.